The van der Waals surface area contributed by atoms with Gasteiger partial charge in [0.1, 0.15) is 5.52 Å². The van der Waals surface area contributed by atoms with E-state index in [4.69, 9.17) is 0 Å². The zero-order valence-corrected chi connectivity index (χ0v) is 11.6. The second kappa shape index (κ2) is 3.82. The van der Waals surface area contributed by atoms with Crippen LogP contribution in [0.4, 0.5) is 5.69 Å². The summed E-state index contributed by atoms with van der Waals surface area (Å²) in [5.74, 6) is -0.109. The van der Waals surface area contributed by atoms with Crippen LogP contribution in [-0.4, -0.2) is 22.3 Å². The van der Waals surface area contributed by atoms with Gasteiger partial charge in [-0.3, -0.25) is 14.6 Å². The summed E-state index contributed by atoms with van der Waals surface area (Å²) in [5.41, 5.74) is 2.73. The molecule has 0 aliphatic carbocycles. The molecule has 0 saturated heterocycles. The molecule has 0 unspecified atom stereocenters. The Morgan fingerprint density at radius 2 is 1.95 bits per heavy atom. The van der Waals surface area contributed by atoms with E-state index >= 15 is 0 Å². The Hall–Kier alpha value is -2.95. The Bertz CT molecular complexity index is 1140. The summed E-state index contributed by atoms with van der Waals surface area (Å²) in [7, 11) is 0. The molecule has 2 aromatic carbocycles. The molecule has 5 nitrogen and oxygen atoms in total. The van der Waals surface area contributed by atoms with Crippen LogP contribution in [0.25, 0.3) is 32.7 Å². The van der Waals surface area contributed by atoms with Gasteiger partial charge in [0.15, 0.2) is 5.78 Å². The van der Waals surface area contributed by atoms with Crippen LogP contribution in [-0.2, 0) is 0 Å². The maximum Gasteiger partial charge on any atom is 0.217 e. The van der Waals surface area contributed by atoms with Gasteiger partial charge in [-0.05, 0) is 6.07 Å². The Labute approximate surface area is 124 Å². The summed E-state index contributed by atoms with van der Waals surface area (Å²) >= 11 is 0. The van der Waals surface area contributed by atoms with Gasteiger partial charge in [0.2, 0.25) is 5.43 Å². The fourth-order valence-electron chi connectivity index (χ4n) is 3.45. The number of Topliss-reactive ketones (excluding diaryl/α,β-unsaturated/α-hetero) is 1. The standard InChI is InChI=1S/C17H11N3O2/c21-11-5-6-18-14-13(11)17(22)16-12-9(7-19-16)8-3-1-2-4-10(8)20-15(12)14/h1-4,7,18,20H,5-6H2. The van der Waals surface area contributed by atoms with Crippen LogP contribution in [0, 0.1) is 0 Å². The average Bonchev–Trinajstić information content (AvgIpc) is 2.98. The molecule has 0 bridgehead atoms. The van der Waals surface area contributed by atoms with Crippen molar-refractivity contribution in [3.05, 3.63) is 46.2 Å². The molecule has 0 radical (unpaired) electrons. The van der Waals surface area contributed by atoms with Gasteiger partial charge in [-0.1, -0.05) is 18.2 Å². The number of fused-ring (bicyclic) bond motifs is 4. The smallest absolute Gasteiger partial charge is 0.217 e. The topological polar surface area (TPSA) is 74.8 Å². The third-order valence-corrected chi connectivity index (χ3v) is 4.43. The number of aromatic amines is 1. The van der Waals surface area contributed by atoms with Crippen molar-refractivity contribution < 1.29 is 4.79 Å². The van der Waals surface area contributed by atoms with E-state index in [-0.39, 0.29) is 16.8 Å². The van der Waals surface area contributed by atoms with Crippen LogP contribution < -0.4 is 10.7 Å². The van der Waals surface area contributed by atoms with Crippen molar-refractivity contribution in [3.8, 4) is 0 Å². The van der Waals surface area contributed by atoms with Crippen molar-refractivity contribution in [1.82, 2.24) is 9.97 Å². The number of aromatic nitrogens is 2. The van der Waals surface area contributed by atoms with Crippen molar-refractivity contribution in [1.29, 1.82) is 0 Å². The predicted molar refractivity (Wildman–Crippen MR) is 86.0 cm³/mol. The monoisotopic (exact) mass is 289 g/mol. The number of hydrogen-bond donors (Lipinski definition) is 2. The second-order valence-electron chi connectivity index (χ2n) is 5.62. The maximum absolute atomic E-state index is 12.6. The van der Waals surface area contributed by atoms with Gasteiger partial charge in [-0.25, -0.2) is 0 Å². The highest BCUT2D eigenvalue weighted by molar-refractivity contribution is 6.24. The first-order chi connectivity index (χ1) is 10.8. The van der Waals surface area contributed by atoms with E-state index in [0.29, 0.717) is 24.2 Å². The molecule has 0 amide bonds. The van der Waals surface area contributed by atoms with Crippen LogP contribution in [0.15, 0.2) is 35.3 Å². The van der Waals surface area contributed by atoms with Gasteiger partial charge in [-0.2, -0.15) is 0 Å². The number of pyridine rings is 1. The molecule has 4 aromatic rings. The van der Waals surface area contributed by atoms with E-state index in [0.717, 1.165) is 27.2 Å². The SMILES string of the molecule is O=C1CCNc2c1c(=O)c1ncc3c4ccccc4[nH]c2c13. The fourth-order valence-corrected chi connectivity index (χ4v) is 3.45. The molecule has 5 rings (SSSR count). The number of carbonyl (C=O) groups excluding carboxylic acids is 1. The molecule has 0 atom stereocenters. The number of anilines is 1. The minimum Gasteiger partial charge on any atom is -0.382 e. The molecule has 1 aliphatic heterocycles. The highest BCUT2D eigenvalue weighted by atomic mass is 16.1. The first-order valence-corrected chi connectivity index (χ1v) is 7.21. The number of benzene rings is 2. The number of carbonyl (C=O) groups is 1. The normalized spacial score (nSPS) is 14.6. The minimum absolute atomic E-state index is 0.109. The predicted octanol–water partition coefficient (Wildman–Crippen LogP) is 2.67. The summed E-state index contributed by atoms with van der Waals surface area (Å²) in [6.45, 7) is 0.552. The van der Waals surface area contributed by atoms with Crippen LogP contribution >= 0.6 is 0 Å². The molecule has 2 N–H and O–H groups in total. The van der Waals surface area contributed by atoms with Crippen LogP contribution in [0.2, 0.25) is 0 Å². The number of H-pyrrole nitrogens is 1. The van der Waals surface area contributed by atoms with Crippen molar-refractivity contribution >= 4 is 44.2 Å². The molecule has 5 heteroatoms. The van der Waals surface area contributed by atoms with E-state index in [1.807, 2.05) is 24.3 Å². The molecular formula is C17H11N3O2. The summed E-state index contributed by atoms with van der Waals surface area (Å²) in [6, 6.07) is 7.91. The lowest BCUT2D eigenvalue weighted by atomic mass is 9.96. The quantitative estimate of drug-likeness (QED) is 0.488. The lowest BCUT2D eigenvalue weighted by Crippen LogP contribution is -2.26. The van der Waals surface area contributed by atoms with Gasteiger partial charge < -0.3 is 10.3 Å². The molecule has 0 spiro atoms. The average molecular weight is 289 g/mol. The van der Waals surface area contributed by atoms with Crippen molar-refractivity contribution in [3.63, 3.8) is 0 Å². The van der Waals surface area contributed by atoms with Gasteiger partial charge in [-0.15, -0.1) is 0 Å². The Kier molecular flexibility index (Phi) is 2.03. The van der Waals surface area contributed by atoms with Crippen molar-refractivity contribution in [2.45, 2.75) is 6.42 Å². The van der Waals surface area contributed by atoms with Gasteiger partial charge >= 0.3 is 0 Å². The third-order valence-electron chi connectivity index (χ3n) is 4.43. The number of nitrogens with zero attached hydrogens (tertiary/aromatic N) is 1. The third kappa shape index (κ3) is 1.26. The van der Waals surface area contributed by atoms with Crippen LogP contribution in [0.5, 0.6) is 0 Å². The number of hydrogen-bond acceptors (Lipinski definition) is 4. The van der Waals surface area contributed by atoms with E-state index in [1.165, 1.54) is 0 Å². The highest BCUT2D eigenvalue weighted by Crippen LogP contribution is 2.36. The Balaban J connectivity index is 2.14. The zero-order chi connectivity index (χ0) is 14.8. The van der Waals surface area contributed by atoms with E-state index in [9.17, 15) is 9.59 Å². The lowest BCUT2D eigenvalue weighted by molar-refractivity contribution is 0.0983. The second-order valence-corrected chi connectivity index (χ2v) is 5.62. The Morgan fingerprint density at radius 3 is 2.86 bits per heavy atom. The van der Waals surface area contributed by atoms with Crippen LogP contribution in [0.1, 0.15) is 16.8 Å². The number of ketones is 1. The largest absolute Gasteiger partial charge is 0.382 e. The lowest BCUT2D eigenvalue weighted by Gasteiger charge is -2.18. The molecule has 106 valence electrons. The summed E-state index contributed by atoms with van der Waals surface area (Å²) in [4.78, 5) is 32.5. The molecule has 0 fully saturated rings. The van der Waals surface area contributed by atoms with E-state index in [2.05, 4.69) is 15.3 Å². The minimum atomic E-state index is -0.265. The number of nitrogens with one attached hydrogen (secondary N) is 2. The van der Waals surface area contributed by atoms with Crippen molar-refractivity contribution in [2.24, 2.45) is 0 Å². The summed E-state index contributed by atoms with van der Waals surface area (Å²) in [6.07, 6.45) is 2.07. The first kappa shape index (κ1) is 11.7. The van der Waals surface area contributed by atoms with Crippen LogP contribution in [0.3, 0.4) is 0 Å². The van der Waals surface area contributed by atoms with Crippen molar-refractivity contribution in [2.75, 3.05) is 11.9 Å². The fraction of sp³-hybridized carbons (Fsp3) is 0.118. The number of rotatable bonds is 0. The molecule has 0 saturated carbocycles. The Morgan fingerprint density at radius 1 is 1.09 bits per heavy atom. The molecule has 1 aliphatic rings. The van der Waals surface area contributed by atoms with Gasteiger partial charge in [0.25, 0.3) is 0 Å². The molecular weight excluding hydrogens is 278 g/mol. The molecule has 2 aromatic heterocycles. The van der Waals surface area contributed by atoms with Gasteiger partial charge in [0.05, 0.1) is 16.8 Å². The van der Waals surface area contributed by atoms with E-state index < -0.39 is 0 Å². The maximum atomic E-state index is 12.6. The van der Waals surface area contributed by atoms with E-state index in [1.54, 1.807) is 6.20 Å². The molecule has 22 heavy (non-hydrogen) atoms. The molecule has 3 heterocycles. The highest BCUT2D eigenvalue weighted by Gasteiger charge is 2.27. The van der Waals surface area contributed by atoms with Gasteiger partial charge in [0, 0.05) is 40.8 Å². The summed E-state index contributed by atoms with van der Waals surface area (Å²) < 4.78 is 0. The number of para-hydroxylation sites is 1. The summed E-state index contributed by atoms with van der Waals surface area (Å²) in [5, 5.41) is 6.00. The zero-order valence-electron chi connectivity index (χ0n) is 11.6. The first-order valence-electron chi connectivity index (χ1n) is 7.21.